The van der Waals surface area contributed by atoms with Crippen LogP contribution in [0, 0.1) is 0 Å². The molecular weight excluding hydrogens is 586 g/mol. The summed E-state index contributed by atoms with van der Waals surface area (Å²) in [6.07, 6.45) is 0. The average Bonchev–Trinajstić information content (AvgIpc) is 2.73. The molecule has 0 amide bonds. The topological polar surface area (TPSA) is 235 Å². The van der Waals surface area contributed by atoms with Crippen LogP contribution in [0.15, 0.2) is 46.2 Å². The van der Waals surface area contributed by atoms with Crippen LogP contribution in [0.2, 0.25) is 0 Å². The summed E-state index contributed by atoms with van der Waals surface area (Å²) in [5.74, 6) is -4.34. The van der Waals surface area contributed by atoms with Crippen molar-refractivity contribution in [3.05, 3.63) is 58.7 Å². The van der Waals surface area contributed by atoms with Gasteiger partial charge in [-0.25, -0.2) is 16.8 Å². The van der Waals surface area contributed by atoms with Crippen molar-refractivity contribution in [1.82, 2.24) is 9.44 Å². The summed E-state index contributed by atoms with van der Waals surface area (Å²) in [6.45, 7) is 0. The quantitative estimate of drug-likeness (QED) is 0.154. The first-order valence-electron chi connectivity index (χ1n) is 8.68. The van der Waals surface area contributed by atoms with Crippen LogP contribution in [0.4, 0.5) is 0 Å². The van der Waals surface area contributed by atoms with Crippen molar-refractivity contribution in [1.29, 1.82) is 0 Å². The van der Waals surface area contributed by atoms with Crippen LogP contribution in [0.1, 0.15) is 31.8 Å². The Morgan fingerprint density at radius 1 is 0.556 bits per heavy atom. The second-order valence-electron chi connectivity index (χ2n) is 6.82. The third-order valence-corrected chi connectivity index (χ3v) is 8.63. The summed E-state index contributed by atoms with van der Waals surface area (Å²) in [7, 11) is -18.4. The van der Waals surface area contributed by atoms with E-state index in [0.717, 1.165) is 36.4 Å². The van der Waals surface area contributed by atoms with Crippen molar-refractivity contribution < 1.29 is 52.4 Å². The van der Waals surface area contributed by atoms with E-state index in [1.54, 1.807) is 9.44 Å². The molecule has 0 aromatic heterocycles. The van der Waals surface area contributed by atoms with Crippen molar-refractivity contribution in [2.75, 3.05) is 11.8 Å². The average molecular weight is 603 g/mol. The van der Waals surface area contributed by atoms with Crippen LogP contribution < -0.4 is 9.44 Å². The van der Waals surface area contributed by atoms with Crippen molar-refractivity contribution >= 4 is 111 Å². The molecule has 188 valence electrons. The Hall–Kier alpha value is -0.580. The van der Waals surface area contributed by atoms with E-state index in [2.05, 4.69) is 0 Å². The van der Waals surface area contributed by atoms with Crippen LogP contribution in [-0.4, -0.2) is 125 Å². The number of carbonyl (C=O) groups excluding carboxylic acids is 2. The van der Waals surface area contributed by atoms with Crippen LogP contribution in [0.5, 0.6) is 0 Å². The first kappa shape index (κ1) is 33.4. The van der Waals surface area contributed by atoms with E-state index in [1.807, 2.05) is 0 Å². The standard InChI is InChI=1S/C16H14N2O12S4.2Na.2H/c19-15-11-3-1-9(33(27,28)17-7-31(21,22)23)5-13(11)16(20)12-4-2-10(6-14(12)15)34(29,30)18-8-32(24,25)26;;;;/h1-6,17-18H,7-8H2,(H,21,22,23)(H,24,25,26);;;;. The first-order chi connectivity index (χ1) is 15.4. The fourth-order valence-corrected chi connectivity index (χ4v) is 6.72. The Labute approximate surface area is 250 Å². The van der Waals surface area contributed by atoms with Crippen molar-refractivity contribution in [3.8, 4) is 0 Å². The molecule has 0 bridgehead atoms. The second kappa shape index (κ2) is 11.7. The van der Waals surface area contributed by atoms with Crippen molar-refractivity contribution in [2.45, 2.75) is 9.79 Å². The van der Waals surface area contributed by atoms with E-state index in [4.69, 9.17) is 9.11 Å². The van der Waals surface area contributed by atoms with Gasteiger partial charge in [-0.15, -0.1) is 0 Å². The molecule has 20 heteroatoms. The van der Waals surface area contributed by atoms with E-state index < -0.39 is 73.4 Å². The Balaban J connectivity index is 0.00000324. The molecule has 0 radical (unpaired) electrons. The molecule has 2 aromatic carbocycles. The number of hydrogen-bond donors (Lipinski definition) is 4. The molecule has 0 unspecified atom stereocenters. The molecule has 0 heterocycles. The van der Waals surface area contributed by atoms with Gasteiger partial charge >= 0.3 is 59.1 Å². The van der Waals surface area contributed by atoms with Gasteiger partial charge in [-0.2, -0.15) is 26.3 Å². The Morgan fingerprint density at radius 2 is 0.861 bits per heavy atom. The zero-order chi connectivity index (χ0) is 25.7. The summed E-state index contributed by atoms with van der Waals surface area (Å²) in [5, 5.41) is 0. The van der Waals surface area contributed by atoms with E-state index >= 15 is 0 Å². The summed E-state index contributed by atoms with van der Waals surface area (Å²) in [6, 6.07) is 5.38. The van der Waals surface area contributed by atoms with Crippen LogP contribution in [0.25, 0.3) is 0 Å². The number of rotatable bonds is 8. The van der Waals surface area contributed by atoms with Gasteiger partial charge in [-0.05, 0) is 36.4 Å². The zero-order valence-corrected chi connectivity index (χ0v) is 19.8. The van der Waals surface area contributed by atoms with Gasteiger partial charge in [0, 0.05) is 22.3 Å². The van der Waals surface area contributed by atoms with Crippen LogP contribution in [0.3, 0.4) is 0 Å². The van der Waals surface area contributed by atoms with Crippen molar-refractivity contribution in [2.24, 2.45) is 0 Å². The molecule has 0 spiro atoms. The molecular formula is C16H16N2Na2O12S4. The van der Waals surface area contributed by atoms with Crippen LogP contribution in [-0.2, 0) is 40.3 Å². The molecule has 36 heavy (non-hydrogen) atoms. The molecule has 0 fully saturated rings. The maximum atomic E-state index is 12.9. The fourth-order valence-electron chi connectivity index (χ4n) is 2.91. The number of ketones is 2. The number of fused-ring (bicyclic) bond motifs is 2. The van der Waals surface area contributed by atoms with E-state index in [9.17, 15) is 43.3 Å². The van der Waals surface area contributed by atoms with Gasteiger partial charge in [0.25, 0.3) is 20.2 Å². The van der Waals surface area contributed by atoms with Gasteiger partial charge in [0.2, 0.25) is 20.0 Å². The summed E-state index contributed by atoms with van der Waals surface area (Å²) >= 11 is 0. The van der Waals surface area contributed by atoms with Gasteiger partial charge in [-0.1, -0.05) is 0 Å². The Morgan fingerprint density at radius 3 is 1.14 bits per heavy atom. The van der Waals surface area contributed by atoms with Gasteiger partial charge in [0.05, 0.1) is 9.79 Å². The fraction of sp³-hybridized carbons (Fsp3) is 0.125. The predicted molar refractivity (Wildman–Crippen MR) is 128 cm³/mol. The van der Waals surface area contributed by atoms with Crippen molar-refractivity contribution in [3.63, 3.8) is 0 Å². The molecule has 0 saturated carbocycles. The minimum absolute atomic E-state index is 0. The number of nitrogens with one attached hydrogen (secondary N) is 2. The number of carbonyl (C=O) groups is 2. The molecule has 1 aliphatic rings. The molecule has 0 aliphatic heterocycles. The minimum atomic E-state index is -4.68. The normalized spacial score (nSPS) is 13.7. The molecule has 3 rings (SSSR count). The summed E-state index contributed by atoms with van der Waals surface area (Å²) in [5.41, 5.74) is -1.25. The van der Waals surface area contributed by atoms with Gasteiger partial charge in [0.15, 0.2) is 11.6 Å². The molecule has 0 saturated heterocycles. The monoisotopic (exact) mass is 602 g/mol. The molecule has 14 nitrogen and oxygen atoms in total. The summed E-state index contributed by atoms with van der Waals surface area (Å²) < 4.78 is 113. The van der Waals surface area contributed by atoms with Gasteiger partial charge in [0.1, 0.15) is 11.8 Å². The van der Waals surface area contributed by atoms with E-state index in [0.29, 0.717) is 0 Å². The van der Waals surface area contributed by atoms with E-state index in [1.165, 1.54) is 0 Å². The van der Waals surface area contributed by atoms with Gasteiger partial charge in [-0.3, -0.25) is 18.7 Å². The zero-order valence-electron chi connectivity index (χ0n) is 16.5. The molecule has 4 N–H and O–H groups in total. The number of sulfonamides is 2. The third-order valence-electron chi connectivity index (χ3n) is 4.44. The second-order valence-corrected chi connectivity index (χ2v) is 13.3. The van der Waals surface area contributed by atoms with Crippen LogP contribution >= 0.6 is 0 Å². The third kappa shape index (κ3) is 7.73. The van der Waals surface area contributed by atoms with Gasteiger partial charge < -0.3 is 0 Å². The maximum absolute atomic E-state index is 12.9. The Bertz CT molecular complexity index is 1540. The summed E-state index contributed by atoms with van der Waals surface area (Å²) in [4.78, 5) is 24.6. The molecule has 1 aliphatic carbocycles. The Kier molecular flexibility index (Phi) is 10.8. The SMILES string of the molecule is O=C1c2ccc(S(=O)(=O)NCS(=O)(=O)O)cc2C(=O)c2ccc(S(=O)(=O)NCS(=O)(=O)O)cc21.[NaH].[NaH]. The predicted octanol–water partition coefficient (Wildman–Crippen LogP) is -2.59. The molecule has 0 atom stereocenters. The molecule has 2 aromatic rings. The number of benzene rings is 2. The first-order valence-corrected chi connectivity index (χ1v) is 14.9. The van der Waals surface area contributed by atoms with E-state index in [-0.39, 0.29) is 81.4 Å². The number of hydrogen-bond acceptors (Lipinski definition) is 10.